The van der Waals surface area contributed by atoms with E-state index >= 15 is 0 Å². The first-order chi connectivity index (χ1) is 14.1. The third-order valence-corrected chi connectivity index (χ3v) is 4.91. The number of carbonyl (C=O) groups is 1. The Kier molecular flexibility index (Phi) is 7.34. The average molecular weight is 408 g/mol. The normalized spacial score (nSPS) is 24.1. The number of unbranched alkanes of at least 4 members (excludes halogenated alkanes) is 1. The molecule has 0 saturated carbocycles. The van der Waals surface area contributed by atoms with Gasteiger partial charge < -0.3 is 23.7 Å². The predicted molar refractivity (Wildman–Crippen MR) is 102 cm³/mol. The molecule has 2 aromatic heterocycles. The first-order valence-corrected chi connectivity index (χ1v) is 9.75. The van der Waals surface area contributed by atoms with Crippen molar-refractivity contribution in [1.82, 2.24) is 19.5 Å². The molecule has 1 saturated heterocycles. The summed E-state index contributed by atoms with van der Waals surface area (Å²) in [6, 6.07) is 0. The lowest BCUT2D eigenvalue weighted by atomic mass is 10.1. The molecule has 4 atom stereocenters. The van der Waals surface area contributed by atoms with E-state index < -0.39 is 6.23 Å². The molecule has 0 radical (unpaired) electrons. The van der Waals surface area contributed by atoms with Crippen molar-refractivity contribution in [2.24, 2.45) is 0 Å². The van der Waals surface area contributed by atoms with E-state index in [1.54, 1.807) is 20.5 Å². The van der Waals surface area contributed by atoms with Crippen LogP contribution in [0.15, 0.2) is 12.7 Å². The zero-order chi connectivity index (χ0) is 20.8. The van der Waals surface area contributed by atoms with Gasteiger partial charge in [0, 0.05) is 21.1 Å². The van der Waals surface area contributed by atoms with E-state index in [9.17, 15) is 4.79 Å². The van der Waals surface area contributed by atoms with Crippen LogP contribution in [0.25, 0.3) is 11.2 Å². The maximum atomic E-state index is 10.8. The molecule has 2 aromatic rings. The van der Waals surface area contributed by atoms with Crippen LogP contribution in [0.1, 0.15) is 39.3 Å². The predicted octanol–water partition coefficient (Wildman–Crippen LogP) is 1.89. The minimum atomic E-state index is -0.411. The van der Waals surface area contributed by atoms with Gasteiger partial charge >= 0.3 is 5.97 Å². The van der Waals surface area contributed by atoms with E-state index in [0.29, 0.717) is 36.7 Å². The highest BCUT2D eigenvalue weighted by Gasteiger charge is 2.46. The molecule has 3 heterocycles. The molecule has 10 nitrogen and oxygen atoms in total. The number of hydrogen-bond acceptors (Lipinski definition) is 9. The van der Waals surface area contributed by atoms with Crippen LogP contribution in [0.4, 0.5) is 0 Å². The van der Waals surface area contributed by atoms with Crippen molar-refractivity contribution in [2.45, 2.75) is 57.6 Å². The molecule has 0 spiro atoms. The number of fused-ring (bicyclic) bond motifs is 1. The van der Waals surface area contributed by atoms with E-state index in [1.165, 1.54) is 13.3 Å². The van der Waals surface area contributed by atoms with Gasteiger partial charge in [0.2, 0.25) is 5.88 Å². The Morgan fingerprint density at radius 1 is 1.14 bits per heavy atom. The number of esters is 1. The molecule has 0 bridgehead atoms. The Morgan fingerprint density at radius 3 is 2.59 bits per heavy atom. The molecule has 160 valence electrons. The monoisotopic (exact) mass is 408 g/mol. The highest BCUT2D eigenvalue weighted by molar-refractivity contribution is 5.76. The highest BCUT2D eigenvalue weighted by Crippen LogP contribution is 2.36. The second-order valence-electron chi connectivity index (χ2n) is 6.77. The van der Waals surface area contributed by atoms with Crippen LogP contribution in [0.2, 0.25) is 0 Å². The summed E-state index contributed by atoms with van der Waals surface area (Å²) in [6.07, 6.45) is 4.39. The van der Waals surface area contributed by atoms with Crippen LogP contribution in [-0.2, 0) is 23.7 Å². The van der Waals surface area contributed by atoms with Crippen molar-refractivity contribution >= 4 is 17.1 Å². The number of hydrogen-bond donors (Lipinski definition) is 0. The molecule has 10 heteroatoms. The van der Waals surface area contributed by atoms with E-state index in [0.717, 1.165) is 12.8 Å². The largest absolute Gasteiger partial charge is 0.476 e. The molecular weight excluding hydrogens is 380 g/mol. The van der Waals surface area contributed by atoms with Crippen molar-refractivity contribution in [3.8, 4) is 5.88 Å². The lowest BCUT2D eigenvalue weighted by Gasteiger charge is -2.21. The topological polar surface area (TPSA) is 107 Å². The van der Waals surface area contributed by atoms with E-state index in [2.05, 4.69) is 15.0 Å². The van der Waals surface area contributed by atoms with Crippen LogP contribution in [0, 0.1) is 0 Å². The molecule has 29 heavy (non-hydrogen) atoms. The van der Waals surface area contributed by atoms with Gasteiger partial charge in [0.1, 0.15) is 18.5 Å². The quantitative estimate of drug-likeness (QED) is 0.430. The third kappa shape index (κ3) is 4.65. The zero-order valence-electron chi connectivity index (χ0n) is 17.2. The number of methoxy groups -OCH3 is 2. The van der Waals surface area contributed by atoms with Crippen molar-refractivity contribution in [2.75, 3.05) is 27.4 Å². The van der Waals surface area contributed by atoms with Gasteiger partial charge in [0.25, 0.3) is 0 Å². The minimum Gasteiger partial charge on any atom is -0.476 e. The molecule has 1 aliphatic rings. The summed E-state index contributed by atoms with van der Waals surface area (Å²) in [6.45, 7) is 4.26. The van der Waals surface area contributed by atoms with Crippen LogP contribution in [-0.4, -0.2) is 71.2 Å². The van der Waals surface area contributed by atoms with E-state index in [1.807, 2.05) is 11.5 Å². The second kappa shape index (κ2) is 9.95. The maximum absolute atomic E-state index is 10.8. The minimum absolute atomic E-state index is 0.0813. The van der Waals surface area contributed by atoms with Gasteiger partial charge in [-0.25, -0.2) is 9.97 Å². The first-order valence-electron chi connectivity index (χ1n) is 9.75. The number of aromatic nitrogens is 4. The van der Waals surface area contributed by atoms with E-state index in [-0.39, 0.29) is 24.3 Å². The molecule has 4 unspecified atom stereocenters. The zero-order valence-corrected chi connectivity index (χ0v) is 17.2. The number of rotatable bonds is 10. The third-order valence-electron chi connectivity index (χ3n) is 4.91. The fourth-order valence-corrected chi connectivity index (χ4v) is 3.51. The second-order valence-corrected chi connectivity index (χ2v) is 6.77. The highest BCUT2D eigenvalue weighted by atomic mass is 16.6. The Bertz CT molecular complexity index is 813. The van der Waals surface area contributed by atoms with Crippen molar-refractivity contribution in [3.63, 3.8) is 0 Å². The Hall–Kier alpha value is -2.30. The molecular formula is C19H28N4O6. The van der Waals surface area contributed by atoms with Gasteiger partial charge in [-0.3, -0.25) is 9.36 Å². The summed E-state index contributed by atoms with van der Waals surface area (Å²) in [5.41, 5.74) is 1.16. The summed E-state index contributed by atoms with van der Waals surface area (Å²) >= 11 is 0. The summed E-state index contributed by atoms with van der Waals surface area (Å²) in [5, 5.41) is 0. The molecule has 0 aromatic carbocycles. The molecule has 0 N–H and O–H groups in total. The molecule has 0 amide bonds. The Labute approximate surface area is 169 Å². The summed E-state index contributed by atoms with van der Waals surface area (Å²) in [4.78, 5) is 23.8. The first kappa shape index (κ1) is 21.4. The fraction of sp³-hybridized carbons (Fsp3) is 0.684. The Balaban J connectivity index is 1.72. The Morgan fingerprint density at radius 2 is 1.90 bits per heavy atom. The number of ether oxygens (including phenoxy) is 5. The van der Waals surface area contributed by atoms with Crippen molar-refractivity contribution < 1.29 is 28.5 Å². The SMILES string of the molecule is CCC1OC(n2cnc3c(OCCCCOC(C)=O)ncnc32)C(OC)C1OC. The van der Waals surface area contributed by atoms with Crippen molar-refractivity contribution in [1.29, 1.82) is 0 Å². The van der Waals surface area contributed by atoms with Crippen LogP contribution < -0.4 is 4.74 Å². The van der Waals surface area contributed by atoms with Gasteiger partial charge in [-0.15, -0.1) is 0 Å². The maximum Gasteiger partial charge on any atom is 0.302 e. The lowest BCUT2D eigenvalue weighted by molar-refractivity contribution is -0.141. The summed E-state index contributed by atoms with van der Waals surface area (Å²) < 4.78 is 30.0. The number of nitrogens with zero attached hydrogens (tertiary/aromatic N) is 4. The smallest absolute Gasteiger partial charge is 0.302 e. The number of carbonyl (C=O) groups excluding carboxylic acids is 1. The standard InChI is InChI=1S/C19H28N4O6/c1-5-13-15(25-3)16(26-4)19(29-13)23-11-22-14-17(23)20-10-21-18(14)28-9-7-6-8-27-12(2)24/h10-11,13,15-16,19H,5-9H2,1-4H3. The van der Waals surface area contributed by atoms with Gasteiger partial charge in [0.05, 0.1) is 25.6 Å². The summed E-state index contributed by atoms with van der Waals surface area (Å²) in [5.74, 6) is 0.127. The molecule has 1 aliphatic heterocycles. The fourth-order valence-electron chi connectivity index (χ4n) is 3.51. The van der Waals surface area contributed by atoms with Gasteiger partial charge in [-0.1, -0.05) is 6.92 Å². The molecule has 1 fully saturated rings. The lowest BCUT2D eigenvalue weighted by Crippen LogP contribution is -2.34. The van der Waals surface area contributed by atoms with Gasteiger partial charge in [-0.2, -0.15) is 4.98 Å². The van der Waals surface area contributed by atoms with Gasteiger partial charge in [-0.05, 0) is 19.3 Å². The molecule has 3 rings (SSSR count). The number of imidazole rings is 1. The van der Waals surface area contributed by atoms with Crippen LogP contribution in [0.3, 0.4) is 0 Å². The van der Waals surface area contributed by atoms with Crippen LogP contribution in [0.5, 0.6) is 5.88 Å². The van der Waals surface area contributed by atoms with Gasteiger partial charge in [0.15, 0.2) is 17.4 Å². The van der Waals surface area contributed by atoms with E-state index in [4.69, 9.17) is 23.7 Å². The van der Waals surface area contributed by atoms with Crippen LogP contribution >= 0.6 is 0 Å². The summed E-state index contributed by atoms with van der Waals surface area (Å²) in [7, 11) is 3.30. The average Bonchev–Trinajstić information content (AvgIpc) is 3.30. The molecule has 0 aliphatic carbocycles. The van der Waals surface area contributed by atoms with Crippen molar-refractivity contribution in [3.05, 3.63) is 12.7 Å².